The molecule has 0 aliphatic carbocycles. The molecule has 1 rings (SSSR count). The third-order valence-electron chi connectivity index (χ3n) is 2.69. The predicted octanol–water partition coefficient (Wildman–Crippen LogP) is 3.06. The minimum atomic E-state index is 0.248. The van der Waals surface area contributed by atoms with Gasteiger partial charge in [0.25, 0.3) is 0 Å². The standard InChI is InChI=1S/C12H22N/c1-9(2)11-12(5,6)7-8-13(11)10(3)4/h7-10H,1-6H3/q+1. The third kappa shape index (κ3) is 1.84. The molecule has 1 aliphatic rings. The highest BCUT2D eigenvalue weighted by atomic mass is 15.0. The summed E-state index contributed by atoms with van der Waals surface area (Å²) in [5.41, 5.74) is 1.79. The lowest BCUT2D eigenvalue weighted by molar-refractivity contribution is -0.492. The molecule has 0 saturated heterocycles. The summed E-state index contributed by atoms with van der Waals surface area (Å²) in [5, 5.41) is 0. The molecular formula is C12H22N+. The maximum atomic E-state index is 2.41. The molecule has 0 aromatic rings. The lowest BCUT2D eigenvalue weighted by Crippen LogP contribution is -2.32. The van der Waals surface area contributed by atoms with E-state index in [1.54, 1.807) is 5.71 Å². The highest BCUT2D eigenvalue weighted by molar-refractivity contribution is 5.90. The summed E-state index contributed by atoms with van der Waals surface area (Å²) in [5.74, 6) is 0.632. The van der Waals surface area contributed by atoms with Gasteiger partial charge >= 0.3 is 0 Å². The molecule has 0 unspecified atom stereocenters. The second-order valence-corrected chi connectivity index (χ2v) is 5.08. The van der Waals surface area contributed by atoms with E-state index in [0.717, 1.165) is 0 Å². The largest absolute Gasteiger partial charge is 0.203 e. The zero-order valence-electron chi connectivity index (χ0n) is 9.76. The van der Waals surface area contributed by atoms with Crippen LogP contribution in [0.2, 0.25) is 0 Å². The van der Waals surface area contributed by atoms with Crippen LogP contribution in [0.15, 0.2) is 12.3 Å². The van der Waals surface area contributed by atoms with Gasteiger partial charge in [0.05, 0.1) is 5.41 Å². The molecular weight excluding hydrogens is 158 g/mol. The molecule has 0 atom stereocenters. The van der Waals surface area contributed by atoms with Crippen molar-refractivity contribution in [1.82, 2.24) is 0 Å². The average Bonchev–Trinajstić information content (AvgIpc) is 2.24. The molecule has 0 spiro atoms. The van der Waals surface area contributed by atoms with Crippen LogP contribution >= 0.6 is 0 Å². The van der Waals surface area contributed by atoms with E-state index in [4.69, 9.17) is 0 Å². The Balaban J connectivity index is 3.12. The summed E-state index contributed by atoms with van der Waals surface area (Å²) in [6, 6.07) is 0.579. The third-order valence-corrected chi connectivity index (χ3v) is 2.69. The summed E-state index contributed by atoms with van der Waals surface area (Å²) >= 11 is 0. The normalized spacial score (nSPS) is 20.9. The summed E-state index contributed by atoms with van der Waals surface area (Å²) in [6.45, 7) is 13.6. The van der Waals surface area contributed by atoms with Crippen LogP contribution in [0.5, 0.6) is 0 Å². The van der Waals surface area contributed by atoms with Crippen LogP contribution in [0.1, 0.15) is 41.5 Å². The molecule has 1 heterocycles. The van der Waals surface area contributed by atoms with Crippen molar-refractivity contribution in [3.63, 3.8) is 0 Å². The van der Waals surface area contributed by atoms with Gasteiger partial charge < -0.3 is 0 Å². The first-order valence-corrected chi connectivity index (χ1v) is 5.21. The van der Waals surface area contributed by atoms with Gasteiger partial charge in [0.15, 0.2) is 18.0 Å². The summed E-state index contributed by atoms with van der Waals surface area (Å²) in [6.07, 6.45) is 4.54. The summed E-state index contributed by atoms with van der Waals surface area (Å²) < 4.78 is 2.41. The molecule has 0 fully saturated rings. The Kier molecular flexibility index (Phi) is 2.65. The monoisotopic (exact) mass is 180 g/mol. The SMILES string of the molecule is CC(C)C1=[N+](C(C)C)C=CC1(C)C. The first kappa shape index (κ1) is 10.5. The molecule has 0 N–H and O–H groups in total. The highest BCUT2D eigenvalue weighted by Crippen LogP contribution is 2.29. The van der Waals surface area contributed by atoms with E-state index in [0.29, 0.717) is 12.0 Å². The quantitative estimate of drug-likeness (QED) is 0.575. The van der Waals surface area contributed by atoms with Crippen LogP contribution < -0.4 is 0 Å². The number of nitrogens with zero attached hydrogens (tertiary/aromatic N) is 1. The summed E-state index contributed by atoms with van der Waals surface area (Å²) in [4.78, 5) is 0. The maximum Gasteiger partial charge on any atom is 0.170 e. The topological polar surface area (TPSA) is 3.01 Å². The van der Waals surface area contributed by atoms with Gasteiger partial charge in [-0.15, -0.1) is 0 Å². The Bertz CT molecular complexity index is 254. The highest BCUT2D eigenvalue weighted by Gasteiger charge is 2.38. The van der Waals surface area contributed by atoms with Gasteiger partial charge in [-0.2, -0.15) is 0 Å². The Morgan fingerprint density at radius 2 is 1.69 bits per heavy atom. The molecule has 0 radical (unpaired) electrons. The van der Waals surface area contributed by atoms with Crippen molar-refractivity contribution in [3.05, 3.63) is 12.3 Å². The Labute approximate surface area is 82.2 Å². The fourth-order valence-corrected chi connectivity index (χ4v) is 2.26. The van der Waals surface area contributed by atoms with E-state index in [-0.39, 0.29) is 5.41 Å². The van der Waals surface area contributed by atoms with Crippen molar-refractivity contribution in [2.45, 2.75) is 47.6 Å². The van der Waals surface area contributed by atoms with E-state index in [1.165, 1.54) is 0 Å². The summed E-state index contributed by atoms with van der Waals surface area (Å²) in [7, 11) is 0. The Morgan fingerprint density at radius 1 is 1.15 bits per heavy atom. The van der Waals surface area contributed by atoms with Gasteiger partial charge in [0.1, 0.15) is 0 Å². The zero-order chi connectivity index (χ0) is 10.2. The van der Waals surface area contributed by atoms with Gasteiger partial charge in [-0.05, 0) is 33.8 Å². The lowest BCUT2D eigenvalue weighted by Gasteiger charge is -2.18. The van der Waals surface area contributed by atoms with Crippen molar-refractivity contribution in [2.24, 2.45) is 11.3 Å². The number of hydrogen-bond donors (Lipinski definition) is 0. The van der Waals surface area contributed by atoms with Gasteiger partial charge in [0.2, 0.25) is 0 Å². The fourth-order valence-electron chi connectivity index (χ4n) is 2.26. The van der Waals surface area contributed by atoms with Crippen LogP contribution in [-0.4, -0.2) is 16.3 Å². The van der Waals surface area contributed by atoms with E-state index in [2.05, 4.69) is 58.4 Å². The first-order chi connectivity index (χ1) is 5.86. The van der Waals surface area contributed by atoms with Gasteiger partial charge in [-0.25, -0.2) is 4.58 Å². The van der Waals surface area contributed by atoms with Crippen LogP contribution in [0, 0.1) is 11.3 Å². The maximum absolute atomic E-state index is 2.41. The van der Waals surface area contributed by atoms with E-state index < -0.39 is 0 Å². The first-order valence-electron chi connectivity index (χ1n) is 5.21. The van der Waals surface area contributed by atoms with Crippen molar-refractivity contribution < 1.29 is 4.58 Å². The number of rotatable bonds is 2. The van der Waals surface area contributed by atoms with Gasteiger partial charge in [-0.1, -0.05) is 13.8 Å². The molecule has 13 heavy (non-hydrogen) atoms. The van der Waals surface area contributed by atoms with Crippen LogP contribution in [-0.2, 0) is 0 Å². The van der Waals surface area contributed by atoms with E-state index >= 15 is 0 Å². The Morgan fingerprint density at radius 3 is 2.00 bits per heavy atom. The van der Waals surface area contributed by atoms with Crippen molar-refractivity contribution in [2.75, 3.05) is 0 Å². The number of hydrogen-bond acceptors (Lipinski definition) is 0. The molecule has 74 valence electrons. The molecule has 0 bridgehead atoms. The molecule has 1 aliphatic heterocycles. The average molecular weight is 180 g/mol. The van der Waals surface area contributed by atoms with Crippen LogP contribution in [0.3, 0.4) is 0 Å². The number of allylic oxidation sites excluding steroid dienone is 1. The second kappa shape index (κ2) is 3.28. The smallest absolute Gasteiger partial charge is 0.170 e. The van der Waals surface area contributed by atoms with E-state index in [1.807, 2.05) is 0 Å². The minimum absolute atomic E-state index is 0.248. The minimum Gasteiger partial charge on any atom is -0.203 e. The lowest BCUT2D eigenvalue weighted by atomic mass is 9.83. The van der Waals surface area contributed by atoms with Crippen LogP contribution in [0.4, 0.5) is 0 Å². The van der Waals surface area contributed by atoms with Crippen molar-refractivity contribution in [1.29, 1.82) is 0 Å². The fraction of sp³-hybridized carbons (Fsp3) is 0.750. The molecule has 0 amide bonds. The zero-order valence-corrected chi connectivity index (χ0v) is 9.76. The van der Waals surface area contributed by atoms with Gasteiger partial charge in [-0.3, -0.25) is 0 Å². The molecule has 0 saturated carbocycles. The van der Waals surface area contributed by atoms with Gasteiger partial charge in [0, 0.05) is 5.92 Å². The second-order valence-electron chi connectivity index (χ2n) is 5.08. The molecule has 0 aromatic heterocycles. The van der Waals surface area contributed by atoms with Crippen molar-refractivity contribution in [3.8, 4) is 0 Å². The Hall–Kier alpha value is -0.590. The predicted molar refractivity (Wildman–Crippen MR) is 58.2 cm³/mol. The molecule has 0 aromatic carbocycles. The van der Waals surface area contributed by atoms with Crippen molar-refractivity contribution >= 4 is 5.71 Å². The van der Waals surface area contributed by atoms with Crippen LogP contribution in [0.25, 0.3) is 0 Å². The van der Waals surface area contributed by atoms with E-state index in [9.17, 15) is 0 Å². The molecule has 1 nitrogen and oxygen atoms in total. The molecule has 1 heteroatoms.